The first-order chi connectivity index (χ1) is 13.4. The third kappa shape index (κ3) is 3.58. The van der Waals surface area contributed by atoms with E-state index >= 15 is 0 Å². The number of hydrogen-bond donors (Lipinski definition) is 0. The van der Waals surface area contributed by atoms with Gasteiger partial charge in [0.1, 0.15) is 0 Å². The number of amides is 1. The lowest BCUT2D eigenvalue weighted by Gasteiger charge is -2.39. The fourth-order valence-electron chi connectivity index (χ4n) is 4.59. The predicted molar refractivity (Wildman–Crippen MR) is 103 cm³/mol. The standard InChI is InChI=1S/C20H28N2O5S/c1-16-2-4-17(5-3-16)28(24,25)22-14-18(19(23)21-8-12-27-13-9-21)20(15-22)6-10-26-11-7-20/h2-5,18H,6-15H2,1H3. The van der Waals surface area contributed by atoms with Crippen LogP contribution in [0.5, 0.6) is 0 Å². The van der Waals surface area contributed by atoms with Crippen LogP contribution in [0.1, 0.15) is 18.4 Å². The number of carbonyl (C=O) groups excluding carboxylic acids is 1. The van der Waals surface area contributed by atoms with E-state index in [0.29, 0.717) is 63.8 Å². The number of ether oxygens (including phenoxy) is 2. The molecule has 3 aliphatic heterocycles. The van der Waals surface area contributed by atoms with Gasteiger partial charge in [-0.1, -0.05) is 17.7 Å². The van der Waals surface area contributed by atoms with E-state index in [-0.39, 0.29) is 23.8 Å². The molecule has 1 spiro atoms. The summed E-state index contributed by atoms with van der Waals surface area (Å²) in [6, 6.07) is 6.92. The molecule has 1 aromatic rings. The van der Waals surface area contributed by atoms with Crippen LogP contribution in [0.2, 0.25) is 0 Å². The molecule has 3 aliphatic rings. The van der Waals surface area contributed by atoms with Crippen molar-refractivity contribution in [2.75, 3.05) is 52.6 Å². The number of sulfonamides is 1. The van der Waals surface area contributed by atoms with Crippen molar-refractivity contribution >= 4 is 15.9 Å². The van der Waals surface area contributed by atoms with Crippen LogP contribution < -0.4 is 0 Å². The molecule has 1 amide bonds. The summed E-state index contributed by atoms with van der Waals surface area (Å²) >= 11 is 0. The third-order valence-electron chi connectivity index (χ3n) is 6.38. The van der Waals surface area contributed by atoms with Gasteiger partial charge in [0, 0.05) is 44.8 Å². The van der Waals surface area contributed by atoms with Crippen molar-refractivity contribution in [3.8, 4) is 0 Å². The maximum atomic E-state index is 13.3. The lowest BCUT2D eigenvalue weighted by Crippen LogP contribution is -2.49. The van der Waals surface area contributed by atoms with Crippen LogP contribution in [0.3, 0.4) is 0 Å². The SMILES string of the molecule is Cc1ccc(S(=O)(=O)N2CC(C(=O)N3CCOCC3)C3(CCOCC3)C2)cc1. The molecule has 0 N–H and O–H groups in total. The molecule has 0 aromatic heterocycles. The van der Waals surface area contributed by atoms with Crippen LogP contribution in [0.15, 0.2) is 29.2 Å². The number of benzene rings is 1. The summed E-state index contributed by atoms with van der Waals surface area (Å²) in [6.45, 7) is 5.94. The zero-order valence-electron chi connectivity index (χ0n) is 16.3. The average Bonchev–Trinajstić information content (AvgIpc) is 3.08. The van der Waals surface area contributed by atoms with Gasteiger partial charge in [-0.05, 0) is 31.9 Å². The lowest BCUT2D eigenvalue weighted by atomic mass is 9.71. The van der Waals surface area contributed by atoms with Crippen LogP contribution in [-0.4, -0.2) is 76.1 Å². The van der Waals surface area contributed by atoms with Crippen LogP contribution in [0, 0.1) is 18.3 Å². The maximum Gasteiger partial charge on any atom is 0.243 e. The second-order valence-corrected chi connectivity index (χ2v) is 10.0. The topological polar surface area (TPSA) is 76.2 Å². The Morgan fingerprint density at radius 1 is 1.04 bits per heavy atom. The minimum atomic E-state index is -3.63. The average molecular weight is 409 g/mol. The number of carbonyl (C=O) groups is 1. The van der Waals surface area contributed by atoms with Crippen molar-refractivity contribution in [1.82, 2.24) is 9.21 Å². The van der Waals surface area contributed by atoms with E-state index < -0.39 is 10.0 Å². The molecule has 3 saturated heterocycles. The summed E-state index contributed by atoms with van der Waals surface area (Å²) in [5.41, 5.74) is 0.674. The van der Waals surface area contributed by atoms with E-state index in [2.05, 4.69) is 0 Å². The van der Waals surface area contributed by atoms with Gasteiger partial charge in [-0.25, -0.2) is 8.42 Å². The molecule has 0 aliphatic carbocycles. The molecule has 1 unspecified atom stereocenters. The minimum Gasteiger partial charge on any atom is -0.381 e. The highest BCUT2D eigenvalue weighted by Crippen LogP contribution is 2.46. The number of hydrogen-bond acceptors (Lipinski definition) is 5. The van der Waals surface area contributed by atoms with Gasteiger partial charge in [0.2, 0.25) is 15.9 Å². The van der Waals surface area contributed by atoms with Gasteiger partial charge in [-0.15, -0.1) is 0 Å². The van der Waals surface area contributed by atoms with E-state index in [1.165, 1.54) is 4.31 Å². The molecule has 154 valence electrons. The largest absolute Gasteiger partial charge is 0.381 e. The molecule has 7 nitrogen and oxygen atoms in total. The van der Waals surface area contributed by atoms with Gasteiger partial charge in [-0.2, -0.15) is 4.31 Å². The Morgan fingerprint density at radius 3 is 2.29 bits per heavy atom. The van der Waals surface area contributed by atoms with Gasteiger partial charge in [0.15, 0.2) is 0 Å². The summed E-state index contributed by atoms with van der Waals surface area (Å²) in [4.78, 5) is 15.5. The summed E-state index contributed by atoms with van der Waals surface area (Å²) < 4.78 is 39.0. The summed E-state index contributed by atoms with van der Waals surface area (Å²) in [5, 5.41) is 0. The maximum absolute atomic E-state index is 13.3. The van der Waals surface area contributed by atoms with Crippen molar-refractivity contribution in [2.45, 2.75) is 24.7 Å². The Balaban J connectivity index is 1.62. The van der Waals surface area contributed by atoms with Crippen LogP contribution >= 0.6 is 0 Å². The molecule has 1 atom stereocenters. The molecule has 3 fully saturated rings. The Kier molecular flexibility index (Phi) is 5.48. The number of aryl methyl sites for hydroxylation is 1. The fourth-order valence-corrected chi connectivity index (χ4v) is 6.14. The van der Waals surface area contributed by atoms with Gasteiger partial charge >= 0.3 is 0 Å². The molecule has 0 bridgehead atoms. The molecule has 3 heterocycles. The molecule has 0 saturated carbocycles. The van der Waals surface area contributed by atoms with Crippen molar-refractivity contribution < 1.29 is 22.7 Å². The second-order valence-electron chi connectivity index (χ2n) is 8.08. The fraction of sp³-hybridized carbons (Fsp3) is 0.650. The predicted octanol–water partition coefficient (Wildman–Crippen LogP) is 1.27. The molecule has 0 radical (unpaired) electrons. The molecule has 28 heavy (non-hydrogen) atoms. The monoisotopic (exact) mass is 408 g/mol. The highest BCUT2D eigenvalue weighted by molar-refractivity contribution is 7.89. The number of morpholine rings is 1. The third-order valence-corrected chi connectivity index (χ3v) is 8.21. The van der Waals surface area contributed by atoms with Crippen LogP contribution in [0.25, 0.3) is 0 Å². The Bertz CT molecular complexity index is 812. The van der Waals surface area contributed by atoms with E-state index in [1.807, 2.05) is 24.0 Å². The molecular formula is C20H28N2O5S. The van der Waals surface area contributed by atoms with E-state index in [1.54, 1.807) is 12.1 Å². The van der Waals surface area contributed by atoms with Crippen molar-refractivity contribution in [2.24, 2.45) is 11.3 Å². The highest BCUT2D eigenvalue weighted by atomic mass is 32.2. The van der Waals surface area contributed by atoms with Crippen LogP contribution in [-0.2, 0) is 24.3 Å². The van der Waals surface area contributed by atoms with Crippen molar-refractivity contribution in [3.63, 3.8) is 0 Å². The summed E-state index contributed by atoms with van der Waals surface area (Å²) in [7, 11) is -3.63. The first-order valence-electron chi connectivity index (χ1n) is 9.94. The van der Waals surface area contributed by atoms with E-state index in [4.69, 9.17) is 9.47 Å². The summed E-state index contributed by atoms with van der Waals surface area (Å²) in [5.74, 6) is -0.262. The molecule has 4 rings (SSSR count). The summed E-state index contributed by atoms with van der Waals surface area (Å²) in [6.07, 6.45) is 1.43. The quantitative estimate of drug-likeness (QED) is 0.753. The smallest absolute Gasteiger partial charge is 0.243 e. The van der Waals surface area contributed by atoms with Gasteiger partial charge in [0.25, 0.3) is 0 Å². The minimum absolute atomic E-state index is 0.0619. The Labute approximate surface area is 166 Å². The normalized spacial score (nSPS) is 25.9. The van der Waals surface area contributed by atoms with E-state index in [9.17, 15) is 13.2 Å². The molecule has 1 aromatic carbocycles. The van der Waals surface area contributed by atoms with Crippen LogP contribution in [0.4, 0.5) is 0 Å². The highest BCUT2D eigenvalue weighted by Gasteiger charge is 2.54. The van der Waals surface area contributed by atoms with Crippen molar-refractivity contribution in [1.29, 1.82) is 0 Å². The number of rotatable bonds is 3. The van der Waals surface area contributed by atoms with Crippen molar-refractivity contribution in [3.05, 3.63) is 29.8 Å². The first kappa shape index (κ1) is 19.8. The van der Waals surface area contributed by atoms with E-state index in [0.717, 1.165) is 5.56 Å². The van der Waals surface area contributed by atoms with Gasteiger partial charge in [-0.3, -0.25) is 4.79 Å². The molecular weight excluding hydrogens is 380 g/mol. The zero-order valence-corrected chi connectivity index (χ0v) is 17.1. The molecule has 8 heteroatoms. The first-order valence-corrected chi connectivity index (χ1v) is 11.4. The van der Waals surface area contributed by atoms with Gasteiger partial charge < -0.3 is 14.4 Å². The zero-order chi connectivity index (χ0) is 19.8. The van der Waals surface area contributed by atoms with Gasteiger partial charge in [0.05, 0.1) is 24.0 Å². The lowest BCUT2D eigenvalue weighted by molar-refractivity contribution is -0.144. The Hall–Kier alpha value is -1.48. The number of nitrogens with zero attached hydrogens (tertiary/aromatic N) is 2. The second kappa shape index (κ2) is 7.74. The Morgan fingerprint density at radius 2 is 1.64 bits per heavy atom.